The predicted octanol–water partition coefficient (Wildman–Crippen LogP) is 27.6. The van der Waals surface area contributed by atoms with E-state index in [0.29, 0.717) is 0 Å². The summed E-state index contributed by atoms with van der Waals surface area (Å²) in [5, 5.41) is 2.38. The maximum absolute atomic E-state index is 2.50. The summed E-state index contributed by atoms with van der Waals surface area (Å²) in [6.07, 6.45) is 40.2. The van der Waals surface area contributed by atoms with Crippen LogP contribution in [0.2, 0.25) is 0 Å². The molecule has 4 fully saturated rings. The summed E-state index contributed by atoms with van der Waals surface area (Å²) in [5.74, 6) is 0. The van der Waals surface area contributed by atoms with Crippen LogP contribution in [0.1, 0.15) is 206 Å². The van der Waals surface area contributed by atoms with Crippen molar-refractivity contribution in [2.24, 2.45) is 0 Å². The van der Waals surface area contributed by atoms with E-state index in [1.165, 1.54) is 228 Å². The second kappa shape index (κ2) is 30.1. The van der Waals surface area contributed by atoms with E-state index in [9.17, 15) is 0 Å². The molecule has 4 saturated carbocycles. The number of rotatable bonds is 16. The van der Waals surface area contributed by atoms with Crippen molar-refractivity contribution in [1.29, 1.82) is 0 Å². The Labute approximate surface area is 573 Å². The average molecular weight is 1250 g/mol. The molecular weight excluding hydrogens is 1160 g/mol. The van der Waals surface area contributed by atoms with Crippen LogP contribution in [0.15, 0.2) is 241 Å². The van der Waals surface area contributed by atoms with Crippen LogP contribution in [0.5, 0.6) is 0 Å². The zero-order valence-corrected chi connectivity index (χ0v) is 57.3. The number of hydrogen-bond donors (Lipinski definition) is 0. The van der Waals surface area contributed by atoms with Crippen LogP contribution in [-0.2, 0) is 0 Å². The molecule has 0 aliphatic heterocycles. The van der Waals surface area contributed by atoms with Gasteiger partial charge in [0.1, 0.15) is 0 Å². The summed E-state index contributed by atoms with van der Waals surface area (Å²) in [7, 11) is 0. The van der Waals surface area contributed by atoms with Crippen molar-refractivity contribution in [3.05, 3.63) is 319 Å². The first kappa shape index (κ1) is 63.9. The molecule has 4 aliphatic carbocycles. The third kappa shape index (κ3) is 15.1. The Morgan fingerprint density at radius 3 is 0.729 bits per heavy atom. The molecule has 0 unspecified atom stereocenters. The molecule has 0 saturated heterocycles. The lowest BCUT2D eigenvalue weighted by Gasteiger charge is -2.34. The van der Waals surface area contributed by atoms with E-state index in [1.54, 1.807) is 22.3 Å². The molecule has 480 valence electrons. The van der Waals surface area contributed by atoms with Crippen LogP contribution < -0.4 is 9.80 Å². The number of benzene rings is 10. The molecule has 10 aromatic carbocycles. The molecule has 0 heterocycles. The normalized spacial score (nSPS) is 15.0. The van der Waals surface area contributed by atoms with Crippen molar-refractivity contribution in [3.8, 4) is 0 Å². The summed E-state index contributed by atoms with van der Waals surface area (Å²) in [6, 6.07) is 83.1. The number of allylic oxidation sites excluding steroid dienone is 4. The average Bonchev–Trinajstić information content (AvgIpc) is 0.735. The molecule has 14 rings (SSSR count). The van der Waals surface area contributed by atoms with Crippen molar-refractivity contribution in [2.75, 3.05) is 9.80 Å². The van der Waals surface area contributed by atoms with Crippen LogP contribution >= 0.6 is 0 Å². The van der Waals surface area contributed by atoms with E-state index in [1.807, 2.05) is 0 Å². The summed E-state index contributed by atoms with van der Waals surface area (Å²) in [4.78, 5) is 5.00. The second-order valence-corrected chi connectivity index (χ2v) is 28.1. The van der Waals surface area contributed by atoms with Gasteiger partial charge in [-0.05, 0) is 269 Å². The van der Waals surface area contributed by atoms with Crippen molar-refractivity contribution in [2.45, 2.75) is 156 Å². The molecule has 0 aromatic heterocycles. The lowest BCUT2D eigenvalue weighted by atomic mass is 9.91. The summed E-state index contributed by atoms with van der Waals surface area (Å²) in [5.41, 5.74) is 32.9. The van der Waals surface area contributed by atoms with E-state index in [0.717, 1.165) is 33.9 Å². The van der Waals surface area contributed by atoms with Gasteiger partial charge >= 0.3 is 0 Å². The molecule has 0 N–H and O–H groups in total. The molecule has 0 radical (unpaired) electrons. The first-order chi connectivity index (χ1) is 47.2. The van der Waals surface area contributed by atoms with Gasteiger partial charge in [-0.25, -0.2) is 0 Å². The Morgan fingerprint density at radius 1 is 0.250 bits per heavy atom. The quantitative estimate of drug-likeness (QED) is 0.0890. The van der Waals surface area contributed by atoms with Gasteiger partial charge < -0.3 is 9.80 Å². The number of hydrogen-bond acceptors (Lipinski definition) is 2. The maximum Gasteiger partial charge on any atom is 0.0573 e. The third-order valence-electron chi connectivity index (χ3n) is 21.0. The molecule has 96 heavy (non-hydrogen) atoms. The van der Waals surface area contributed by atoms with E-state index in [4.69, 9.17) is 0 Å². The molecule has 4 aliphatic rings. The first-order valence-electron chi connectivity index (χ1n) is 36.3. The van der Waals surface area contributed by atoms with Crippen molar-refractivity contribution >= 4 is 92.5 Å². The minimum absolute atomic E-state index is 1.11. The summed E-state index contributed by atoms with van der Waals surface area (Å²) >= 11 is 0. The molecule has 2 heteroatoms. The lowest BCUT2D eigenvalue weighted by Crippen LogP contribution is -2.16. The third-order valence-corrected chi connectivity index (χ3v) is 21.0. The first-order valence-corrected chi connectivity index (χ1v) is 36.3. The number of nitrogens with zero attached hydrogens (tertiary/aromatic N) is 2. The Balaban J connectivity index is 0.833. The van der Waals surface area contributed by atoms with Gasteiger partial charge in [0, 0.05) is 33.5 Å². The minimum atomic E-state index is 1.11. The highest BCUT2D eigenvalue weighted by molar-refractivity contribution is 6.10. The number of fused-ring (bicyclic) bond motifs is 1. The van der Waals surface area contributed by atoms with Crippen molar-refractivity contribution in [1.82, 2.24) is 0 Å². The zero-order chi connectivity index (χ0) is 65.2. The Kier molecular flexibility index (Phi) is 20.0. The smallest absolute Gasteiger partial charge is 0.0573 e. The largest absolute Gasteiger partial charge is 0.310 e. The molecule has 10 aromatic rings. The molecule has 0 bridgehead atoms. The highest BCUT2D eigenvalue weighted by atomic mass is 15.2. The van der Waals surface area contributed by atoms with E-state index >= 15 is 0 Å². The highest BCUT2D eigenvalue weighted by Crippen LogP contribution is 2.50. The minimum Gasteiger partial charge on any atom is -0.310 e. The standard InChI is InChI=1S/C94H94N2/c1-67-29-53-85(54-30-67)95(87-57-41-79(42-58-87)65-91(81-45-33-75(34-46-81)61-71-19-9-5-10-20-71)82-47-35-76(36-48-82)62-72-21-11-6-12-22-72)93-69(3)70(4)94(90-28-18-17-27-89(90)93)96(86-55-31-68(2)32-56-86)88-59-43-80(44-60-88)66-92(83-49-37-77(38-50-83)63-73-23-13-7-14-24-73)84-51-39-78(40-52-84)64-74-25-15-8-16-26-74/h17-18,27-66H,5-16,19-26H2,1-4H3. The Morgan fingerprint density at radius 2 is 0.479 bits per heavy atom. The van der Waals surface area contributed by atoms with Crippen LogP contribution in [0.4, 0.5) is 34.1 Å². The van der Waals surface area contributed by atoms with E-state index in [2.05, 4.69) is 292 Å². The summed E-state index contributed by atoms with van der Waals surface area (Å²) in [6.45, 7) is 9.03. The highest BCUT2D eigenvalue weighted by Gasteiger charge is 2.26. The van der Waals surface area contributed by atoms with Gasteiger partial charge in [-0.2, -0.15) is 0 Å². The fraction of sp³-hybridized carbons (Fsp3) is 0.255. The van der Waals surface area contributed by atoms with Gasteiger partial charge in [0.15, 0.2) is 0 Å². The zero-order valence-electron chi connectivity index (χ0n) is 57.3. The van der Waals surface area contributed by atoms with Gasteiger partial charge in [-0.15, -0.1) is 0 Å². The van der Waals surface area contributed by atoms with Crippen LogP contribution in [-0.4, -0.2) is 0 Å². The number of anilines is 6. The van der Waals surface area contributed by atoms with Crippen LogP contribution in [0.3, 0.4) is 0 Å². The van der Waals surface area contributed by atoms with Crippen LogP contribution in [0.25, 0.3) is 58.4 Å². The topological polar surface area (TPSA) is 6.48 Å². The lowest BCUT2D eigenvalue weighted by molar-refractivity contribution is 0.602. The van der Waals surface area contributed by atoms with Gasteiger partial charge in [-0.3, -0.25) is 0 Å². The van der Waals surface area contributed by atoms with Gasteiger partial charge in [0.25, 0.3) is 0 Å². The fourth-order valence-electron chi connectivity index (χ4n) is 15.5. The van der Waals surface area contributed by atoms with Gasteiger partial charge in [0.05, 0.1) is 11.4 Å². The predicted molar refractivity (Wildman–Crippen MR) is 416 cm³/mol. The molecule has 0 atom stereocenters. The molecule has 0 spiro atoms. The fourth-order valence-corrected chi connectivity index (χ4v) is 15.5. The van der Waals surface area contributed by atoms with Gasteiger partial charge in [0.2, 0.25) is 0 Å². The second-order valence-electron chi connectivity index (χ2n) is 28.1. The maximum atomic E-state index is 2.50. The molecule has 2 nitrogen and oxygen atoms in total. The van der Waals surface area contributed by atoms with Crippen LogP contribution in [0, 0.1) is 27.7 Å². The SMILES string of the molecule is Cc1ccc(N(c2ccc(C=C(c3ccc(C=C4CCCCC4)cc3)c3ccc(C=C4CCCCC4)cc3)cc2)c2c(C)c(C)c(N(c3ccc(C)cc3)c3ccc(C=C(c4ccc(C=C5CCCCC5)cc4)c4ccc(C=C5CCCCC5)cc4)cc3)c3ccccc23)cc1. The van der Waals surface area contributed by atoms with Gasteiger partial charge in [-0.1, -0.05) is 253 Å². The summed E-state index contributed by atoms with van der Waals surface area (Å²) < 4.78 is 0. The number of aryl methyl sites for hydroxylation is 2. The van der Waals surface area contributed by atoms with Crippen molar-refractivity contribution in [3.63, 3.8) is 0 Å². The van der Waals surface area contributed by atoms with E-state index < -0.39 is 0 Å². The van der Waals surface area contributed by atoms with Crippen molar-refractivity contribution < 1.29 is 0 Å². The van der Waals surface area contributed by atoms with E-state index in [-0.39, 0.29) is 0 Å². The Hall–Kier alpha value is -9.50. The molecular formula is C94H94N2. The molecule has 0 amide bonds. The monoisotopic (exact) mass is 1250 g/mol. The Bertz CT molecular complexity index is 4050.